The smallest absolute Gasteiger partial charge is 0.104 e. The van der Waals surface area contributed by atoms with Crippen LogP contribution >= 0.6 is 11.8 Å². The van der Waals surface area contributed by atoms with Crippen molar-refractivity contribution >= 4 is 11.8 Å². The molecule has 1 unspecified atom stereocenters. The van der Waals surface area contributed by atoms with Crippen LogP contribution in [0.5, 0.6) is 0 Å². The van der Waals surface area contributed by atoms with Crippen LogP contribution in [0.25, 0.3) is 0 Å². The van der Waals surface area contributed by atoms with Crippen LogP contribution in [-0.2, 0) is 0 Å². The van der Waals surface area contributed by atoms with E-state index in [1.807, 2.05) is 24.8 Å². The van der Waals surface area contributed by atoms with Crippen molar-refractivity contribution in [2.24, 2.45) is 0 Å². The largest absolute Gasteiger partial charge is 0.297 e. The third kappa shape index (κ3) is 5.57. The van der Waals surface area contributed by atoms with Crippen molar-refractivity contribution in [3.8, 4) is 6.07 Å². The second-order valence-corrected chi connectivity index (χ2v) is 6.18. The number of benzene rings is 1. The van der Waals surface area contributed by atoms with Gasteiger partial charge < -0.3 is 0 Å². The maximum Gasteiger partial charge on any atom is 0.104 e. The van der Waals surface area contributed by atoms with E-state index in [9.17, 15) is 5.26 Å². The summed E-state index contributed by atoms with van der Waals surface area (Å²) >= 11 is 1.85. The number of nitriles is 1. The van der Waals surface area contributed by atoms with Crippen LogP contribution in [-0.4, -0.2) is 17.3 Å². The lowest BCUT2D eigenvalue weighted by Crippen LogP contribution is -2.44. The summed E-state index contributed by atoms with van der Waals surface area (Å²) in [4.78, 5) is 1.30. The number of thioether (sulfide) groups is 1. The lowest BCUT2D eigenvalue weighted by molar-refractivity contribution is 0.380. The van der Waals surface area contributed by atoms with Crippen molar-refractivity contribution in [2.45, 2.75) is 50.1 Å². The number of nitrogens with zero attached hydrogens (tertiary/aromatic N) is 1. The van der Waals surface area contributed by atoms with Gasteiger partial charge in [0.25, 0.3) is 0 Å². The summed E-state index contributed by atoms with van der Waals surface area (Å²) in [7, 11) is 0. The Labute approximate surface area is 115 Å². The van der Waals surface area contributed by atoms with Crippen molar-refractivity contribution in [3.05, 3.63) is 30.3 Å². The summed E-state index contributed by atoms with van der Waals surface area (Å²) in [6, 6.07) is 13.1. The summed E-state index contributed by atoms with van der Waals surface area (Å²) < 4.78 is 0. The van der Waals surface area contributed by atoms with Crippen molar-refractivity contribution < 1.29 is 0 Å². The highest BCUT2D eigenvalue weighted by molar-refractivity contribution is 7.99. The molecule has 0 bridgehead atoms. The minimum absolute atomic E-state index is 0.344. The molecule has 1 N–H and O–H groups in total. The Kier molecular flexibility index (Phi) is 6.24. The Morgan fingerprint density at radius 3 is 2.56 bits per heavy atom. The van der Waals surface area contributed by atoms with E-state index >= 15 is 0 Å². The van der Waals surface area contributed by atoms with Gasteiger partial charge in [-0.05, 0) is 51.5 Å². The molecule has 0 spiro atoms. The SMILES string of the molecule is CC(C)NC(C)(C#N)CCCSc1ccccc1. The third-order valence-corrected chi connectivity index (χ3v) is 3.79. The minimum atomic E-state index is -0.397. The lowest BCUT2D eigenvalue weighted by Gasteiger charge is -2.25. The van der Waals surface area contributed by atoms with Gasteiger partial charge in [-0.2, -0.15) is 5.26 Å². The van der Waals surface area contributed by atoms with Crippen molar-refractivity contribution in [1.29, 1.82) is 5.26 Å². The Hall–Kier alpha value is -0.980. The molecule has 1 rings (SSSR count). The third-order valence-electron chi connectivity index (χ3n) is 2.69. The van der Waals surface area contributed by atoms with Crippen LogP contribution in [0, 0.1) is 11.3 Å². The molecule has 98 valence electrons. The van der Waals surface area contributed by atoms with Crippen molar-refractivity contribution in [2.75, 3.05) is 5.75 Å². The van der Waals surface area contributed by atoms with Gasteiger partial charge in [0.05, 0.1) is 6.07 Å². The zero-order chi connectivity index (χ0) is 13.4. The van der Waals surface area contributed by atoms with Gasteiger partial charge in [0.1, 0.15) is 5.54 Å². The Balaban J connectivity index is 2.30. The van der Waals surface area contributed by atoms with Crippen LogP contribution in [0.15, 0.2) is 35.2 Å². The molecule has 0 saturated heterocycles. The molecular formula is C15H22N2S. The summed E-state index contributed by atoms with van der Waals surface area (Å²) in [5, 5.41) is 12.6. The lowest BCUT2D eigenvalue weighted by atomic mass is 9.97. The van der Waals surface area contributed by atoms with E-state index in [1.54, 1.807) is 0 Å². The second kappa shape index (κ2) is 7.45. The number of hydrogen-bond acceptors (Lipinski definition) is 3. The molecule has 0 aromatic heterocycles. The fourth-order valence-corrected chi connectivity index (χ4v) is 2.80. The quantitative estimate of drug-likeness (QED) is 0.599. The molecule has 0 aliphatic heterocycles. The molecule has 0 heterocycles. The predicted octanol–water partition coefficient (Wildman–Crippen LogP) is 3.84. The molecule has 0 radical (unpaired) electrons. The average Bonchev–Trinajstić information content (AvgIpc) is 2.35. The summed E-state index contributed by atoms with van der Waals surface area (Å²) in [5.41, 5.74) is -0.397. The van der Waals surface area contributed by atoms with Crippen LogP contribution in [0.4, 0.5) is 0 Å². The molecule has 0 amide bonds. The molecule has 1 aromatic rings. The highest BCUT2D eigenvalue weighted by atomic mass is 32.2. The van der Waals surface area contributed by atoms with Crippen LogP contribution in [0.1, 0.15) is 33.6 Å². The monoisotopic (exact) mass is 262 g/mol. The first-order valence-corrected chi connectivity index (χ1v) is 7.41. The zero-order valence-corrected chi connectivity index (χ0v) is 12.3. The van der Waals surface area contributed by atoms with E-state index in [0.29, 0.717) is 6.04 Å². The number of hydrogen-bond donors (Lipinski definition) is 1. The van der Waals surface area contributed by atoms with E-state index in [2.05, 4.69) is 49.5 Å². The van der Waals surface area contributed by atoms with E-state index < -0.39 is 5.54 Å². The molecule has 1 aromatic carbocycles. The Bertz CT molecular complexity index is 383. The molecule has 0 saturated carbocycles. The summed E-state index contributed by atoms with van der Waals surface area (Å²) in [5.74, 6) is 1.06. The summed E-state index contributed by atoms with van der Waals surface area (Å²) in [6.45, 7) is 6.14. The van der Waals surface area contributed by atoms with Crippen molar-refractivity contribution in [1.82, 2.24) is 5.32 Å². The van der Waals surface area contributed by atoms with Crippen LogP contribution in [0.2, 0.25) is 0 Å². The van der Waals surface area contributed by atoms with Gasteiger partial charge in [0, 0.05) is 10.9 Å². The Morgan fingerprint density at radius 2 is 2.00 bits per heavy atom. The standard InChI is InChI=1S/C15H22N2S/c1-13(2)17-15(3,12-16)10-7-11-18-14-8-5-4-6-9-14/h4-6,8-9,13,17H,7,10-11H2,1-3H3. The van der Waals surface area contributed by atoms with Gasteiger partial charge in [-0.15, -0.1) is 11.8 Å². The van der Waals surface area contributed by atoms with E-state index in [0.717, 1.165) is 18.6 Å². The molecule has 0 fully saturated rings. The maximum atomic E-state index is 9.23. The molecule has 18 heavy (non-hydrogen) atoms. The van der Waals surface area contributed by atoms with Crippen LogP contribution in [0.3, 0.4) is 0 Å². The average molecular weight is 262 g/mol. The highest BCUT2D eigenvalue weighted by Crippen LogP contribution is 2.21. The fraction of sp³-hybridized carbons (Fsp3) is 0.533. The maximum absolute atomic E-state index is 9.23. The first-order chi connectivity index (χ1) is 8.56. The van der Waals surface area contributed by atoms with Crippen LogP contribution < -0.4 is 5.32 Å². The van der Waals surface area contributed by atoms with Gasteiger partial charge >= 0.3 is 0 Å². The molecule has 0 aliphatic carbocycles. The highest BCUT2D eigenvalue weighted by Gasteiger charge is 2.23. The topological polar surface area (TPSA) is 35.8 Å². The summed E-state index contributed by atoms with van der Waals surface area (Å²) in [6.07, 6.45) is 1.94. The molecule has 0 aliphatic rings. The fourth-order valence-electron chi connectivity index (χ4n) is 1.93. The second-order valence-electron chi connectivity index (χ2n) is 5.01. The van der Waals surface area contributed by atoms with E-state index in [-0.39, 0.29) is 0 Å². The first-order valence-electron chi connectivity index (χ1n) is 6.42. The molecular weight excluding hydrogens is 240 g/mol. The normalized spacial score (nSPS) is 14.2. The Morgan fingerprint density at radius 1 is 1.33 bits per heavy atom. The van der Waals surface area contributed by atoms with E-state index in [4.69, 9.17) is 0 Å². The van der Waals surface area contributed by atoms with Gasteiger partial charge in [-0.1, -0.05) is 18.2 Å². The molecule has 3 heteroatoms. The van der Waals surface area contributed by atoms with Gasteiger partial charge in [0.2, 0.25) is 0 Å². The van der Waals surface area contributed by atoms with Gasteiger partial charge in [-0.25, -0.2) is 0 Å². The zero-order valence-electron chi connectivity index (χ0n) is 11.4. The number of nitrogens with one attached hydrogen (secondary N) is 1. The van der Waals surface area contributed by atoms with Crippen molar-refractivity contribution in [3.63, 3.8) is 0 Å². The first kappa shape index (κ1) is 15.1. The minimum Gasteiger partial charge on any atom is -0.297 e. The molecule has 1 atom stereocenters. The number of rotatable bonds is 7. The van der Waals surface area contributed by atoms with E-state index in [1.165, 1.54) is 4.90 Å². The van der Waals surface area contributed by atoms with Gasteiger partial charge in [-0.3, -0.25) is 5.32 Å². The predicted molar refractivity (Wildman–Crippen MR) is 78.7 cm³/mol. The van der Waals surface area contributed by atoms with Gasteiger partial charge in [0.15, 0.2) is 0 Å². The molecule has 2 nitrogen and oxygen atoms in total.